The summed E-state index contributed by atoms with van der Waals surface area (Å²) in [4.78, 5) is 0. The van der Waals surface area contributed by atoms with Gasteiger partial charge in [-0.1, -0.05) is 6.92 Å². The van der Waals surface area contributed by atoms with E-state index in [-0.39, 0.29) is 12.4 Å². The van der Waals surface area contributed by atoms with Crippen molar-refractivity contribution in [1.82, 2.24) is 0 Å². The average molecular weight is 168 g/mol. The Kier molecular flexibility index (Phi) is 5.83. The molecule has 3 heteroatoms. The Hall–Kier alpha value is 0.467. The molecule has 0 radical (unpaired) electrons. The first kappa shape index (κ1) is 12.2. The number of rotatable bonds is 2. The van der Waals surface area contributed by atoms with Crippen molar-refractivity contribution in [2.75, 3.05) is 21.1 Å². The molecule has 0 saturated heterocycles. The summed E-state index contributed by atoms with van der Waals surface area (Å²) in [6.07, 6.45) is 1.33. The second kappa shape index (κ2) is 4.31. The average Bonchev–Trinajstić information content (AvgIpc) is 1.62. The van der Waals surface area contributed by atoms with Crippen LogP contribution in [0, 0.1) is 0 Å². The number of hydrogen-bond donors (Lipinski definition) is 0. The van der Waals surface area contributed by atoms with Crippen molar-refractivity contribution in [2.45, 2.75) is 19.0 Å². The third-order valence-electron chi connectivity index (χ3n) is 1.91. The fourth-order valence-corrected chi connectivity index (χ4v) is 0.548. The first-order chi connectivity index (χ1) is 3.48. The normalized spacial score (nSPS) is 14.7. The molecule has 0 fully saturated rings. The fraction of sp³-hybridized carbons (Fsp3) is 1.00. The Balaban J connectivity index is 0. The molecule has 0 spiro atoms. The van der Waals surface area contributed by atoms with Gasteiger partial charge in [0.25, 0.3) is 0 Å². The zero-order chi connectivity index (χ0) is 6.78. The van der Waals surface area contributed by atoms with Crippen molar-refractivity contribution >= 4 is 10.2 Å². The number of hydrogen-bond acceptors (Lipinski definition) is 0. The monoisotopic (exact) mass is 167 g/mol. The Morgan fingerprint density at radius 2 is 1.67 bits per heavy atom. The fourth-order valence-electron chi connectivity index (χ4n) is 0.548. The van der Waals surface area contributed by atoms with Crippen molar-refractivity contribution in [3.63, 3.8) is 0 Å². The lowest BCUT2D eigenvalue weighted by atomic mass is 10.4. The van der Waals surface area contributed by atoms with E-state index in [4.69, 9.17) is 0 Å². The summed E-state index contributed by atoms with van der Waals surface area (Å²) >= 11 is 0. The van der Waals surface area contributed by atoms with Gasteiger partial charge < -0.3 is 16.9 Å². The number of quaternary nitrogens is 1. The van der Waals surface area contributed by atoms with Crippen molar-refractivity contribution in [3.8, 4) is 0 Å². The topological polar surface area (TPSA) is 0 Å². The maximum atomic E-state index is 2.27. The predicted octanol–water partition coefficient (Wildman–Crippen LogP) is -3.20. The Bertz CT molecular complexity index is 69.9. The molecule has 0 aliphatic carbocycles. The summed E-state index contributed by atoms with van der Waals surface area (Å²) in [7, 11) is 8.12. The quantitative estimate of drug-likeness (QED) is 0.300. The van der Waals surface area contributed by atoms with E-state index in [0.717, 1.165) is 10.1 Å². The van der Waals surface area contributed by atoms with Crippen molar-refractivity contribution in [2.24, 2.45) is 0 Å². The lowest BCUT2D eigenvalue weighted by Crippen LogP contribution is -3.00. The van der Waals surface area contributed by atoms with Crippen molar-refractivity contribution in [1.29, 1.82) is 0 Å². The second-order valence-electron chi connectivity index (χ2n) is 3.37. The molecule has 0 aliphatic rings. The van der Waals surface area contributed by atoms with Gasteiger partial charge in [-0.3, -0.25) is 0 Å². The van der Waals surface area contributed by atoms with Gasteiger partial charge in [0.15, 0.2) is 0 Å². The smallest absolute Gasteiger partial charge is 0.0755 e. The van der Waals surface area contributed by atoms with E-state index in [9.17, 15) is 0 Å². The van der Waals surface area contributed by atoms with Gasteiger partial charge in [0, 0.05) is 0 Å². The highest BCUT2D eigenvalue weighted by molar-refractivity contribution is 6.10. The van der Waals surface area contributed by atoms with E-state index >= 15 is 0 Å². The van der Waals surface area contributed by atoms with E-state index in [0.29, 0.717) is 0 Å². The molecular formula is C6H18ClNSi. The highest BCUT2D eigenvalue weighted by Crippen LogP contribution is 2.00. The van der Waals surface area contributed by atoms with Crippen LogP contribution in [-0.4, -0.2) is 41.5 Å². The Labute approximate surface area is 67.9 Å². The first-order valence-corrected chi connectivity index (χ1v) is 4.45. The van der Waals surface area contributed by atoms with E-state index in [1.54, 1.807) is 0 Å². The lowest BCUT2D eigenvalue weighted by molar-refractivity contribution is -0.882. The Morgan fingerprint density at radius 3 is 1.67 bits per heavy atom. The molecule has 0 N–H and O–H groups in total. The molecular weight excluding hydrogens is 150 g/mol. The molecule has 0 rings (SSSR count). The van der Waals surface area contributed by atoms with Gasteiger partial charge in [-0.15, -0.1) is 0 Å². The number of nitrogens with zero attached hydrogens (tertiary/aromatic N) is 1. The zero-order valence-corrected chi connectivity index (χ0v) is 9.87. The van der Waals surface area contributed by atoms with Crippen LogP contribution in [0.5, 0.6) is 0 Å². The van der Waals surface area contributed by atoms with Crippen LogP contribution in [0.2, 0.25) is 0 Å². The van der Waals surface area contributed by atoms with Gasteiger partial charge >= 0.3 is 0 Å². The lowest BCUT2D eigenvalue weighted by Gasteiger charge is -2.30. The van der Waals surface area contributed by atoms with Crippen LogP contribution in [0.25, 0.3) is 0 Å². The molecule has 0 amide bonds. The zero-order valence-electron chi connectivity index (χ0n) is 7.11. The largest absolute Gasteiger partial charge is 1.00 e. The third kappa shape index (κ3) is 4.94. The molecule has 0 aromatic carbocycles. The van der Waals surface area contributed by atoms with Crippen LogP contribution >= 0.6 is 0 Å². The van der Waals surface area contributed by atoms with Gasteiger partial charge in [0.1, 0.15) is 0 Å². The third-order valence-corrected chi connectivity index (χ3v) is 4.28. The SMILES string of the molecule is CCC([SiH3])[N+](C)(C)C.[Cl-]. The predicted molar refractivity (Wildman–Crippen MR) is 42.1 cm³/mol. The van der Waals surface area contributed by atoms with E-state index in [2.05, 4.69) is 28.1 Å². The Morgan fingerprint density at radius 1 is 1.33 bits per heavy atom. The van der Waals surface area contributed by atoms with Crippen molar-refractivity contribution < 1.29 is 16.9 Å². The number of halogens is 1. The molecule has 0 heterocycles. The van der Waals surface area contributed by atoms with Crippen LogP contribution < -0.4 is 12.4 Å². The minimum absolute atomic E-state index is 0. The van der Waals surface area contributed by atoms with E-state index in [1.807, 2.05) is 0 Å². The van der Waals surface area contributed by atoms with Crippen LogP contribution in [0.15, 0.2) is 0 Å². The second-order valence-corrected chi connectivity index (χ2v) is 4.71. The van der Waals surface area contributed by atoms with Gasteiger partial charge in [-0.2, -0.15) is 0 Å². The molecule has 0 saturated carbocycles. The summed E-state index contributed by atoms with van der Waals surface area (Å²) in [6, 6.07) is 0. The summed E-state index contributed by atoms with van der Waals surface area (Å²) in [6.45, 7) is 2.27. The maximum Gasteiger partial charge on any atom is 0.0755 e. The molecule has 1 atom stereocenters. The highest BCUT2D eigenvalue weighted by atomic mass is 35.5. The van der Waals surface area contributed by atoms with Crippen molar-refractivity contribution in [3.05, 3.63) is 0 Å². The molecule has 9 heavy (non-hydrogen) atoms. The molecule has 0 aromatic heterocycles. The summed E-state index contributed by atoms with van der Waals surface area (Å²) in [5, 5.41) is 0. The molecule has 0 aliphatic heterocycles. The summed E-state index contributed by atoms with van der Waals surface area (Å²) < 4.78 is 1.14. The van der Waals surface area contributed by atoms with Gasteiger partial charge in [0.05, 0.1) is 37.1 Å². The van der Waals surface area contributed by atoms with E-state index < -0.39 is 0 Å². The highest BCUT2D eigenvalue weighted by Gasteiger charge is 2.14. The molecule has 58 valence electrons. The minimum atomic E-state index is 0. The molecule has 0 bridgehead atoms. The van der Waals surface area contributed by atoms with Crippen LogP contribution in [0.4, 0.5) is 0 Å². The summed E-state index contributed by atoms with van der Waals surface area (Å²) in [5.74, 6) is 0. The standard InChI is InChI=1S/C6H18NSi.ClH/c1-5-6(8)7(2,3)4;/h6H,5H2,1-4,8H3;1H/q+1;/p-1. The van der Waals surface area contributed by atoms with Gasteiger partial charge in [-0.05, 0) is 6.42 Å². The van der Waals surface area contributed by atoms with Crippen LogP contribution in [-0.2, 0) is 0 Å². The molecule has 0 aromatic rings. The minimum Gasteiger partial charge on any atom is -1.00 e. The first-order valence-electron chi connectivity index (χ1n) is 3.29. The van der Waals surface area contributed by atoms with Crippen LogP contribution in [0.1, 0.15) is 13.3 Å². The summed E-state index contributed by atoms with van der Waals surface area (Å²) in [5.41, 5.74) is 0.926. The molecule has 1 nitrogen and oxygen atoms in total. The van der Waals surface area contributed by atoms with E-state index in [1.165, 1.54) is 16.7 Å². The van der Waals surface area contributed by atoms with Gasteiger partial charge in [0.2, 0.25) is 0 Å². The maximum absolute atomic E-state index is 2.27. The van der Waals surface area contributed by atoms with Gasteiger partial charge in [-0.25, -0.2) is 0 Å². The molecule has 1 unspecified atom stereocenters. The van der Waals surface area contributed by atoms with Crippen LogP contribution in [0.3, 0.4) is 0 Å².